The molecule has 2 heterocycles. The molecule has 0 aliphatic carbocycles. The van der Waals surface area contributed by atoms with Gasteiger partial charge >= 0.3 is 0 Å². The van der Waals surface area contributed by atoms with E-state index in [1.54, 1.807) is 6.07 Å². The second-order valence-corrected chi connectivity index (χ2v) is 5.94. The number of nitrogen functional groups attached to an aromatic ring is 1. The van der Waals surface area contributed by atoms with Crippen LogP contribution < -0.4 is 11.3 Å². The fourth-order valence-electron chi connectivity index (χ4n) is 2.55. The molecule has 1 aromatic carbocycles. The number of thiophene rings is 1. The Balaban J connectivity index is 2.05. The molecule has 1 saturated heterocycles. The van der Waals surface area contributed by atoms with Crippen LogP contribution >= 0.6 is 11.3 Å². The van der Waals surface area contributed by atoms with Crippen molar-refractivity contribution in [2.45, 2.75) is 6.54 Å². The third kappa shape index (κ3) is 2.77. The van der Waals surface area contributed by atoms with Crippen molar-refractivity contribution in [3.63, 3.8) is 0 Å². The summed E-state index contributed by atoms with van der Waals surface area (Å²) in [6, 6.07) is 4.89. The predicted molar refractivity (Wildman–Crippen MR) is 79.5 cm³/mol. The number of rotatable bonds is 3. The van der Waals surface area contributed by atoms with Crippen LogP contribution in [0.15, 0.2) is 18.2 Å². The molecule has 1 amide bonds. The lowest BCUT2D eigenvalue weighted by Gasteiger charge is -2.26. The molecule has 2 aromatic rings. The number of morpholine rings is 1. The molecule has 21 heavy (non-hydrogen) atoms. The van der Waals surface area contributed by atoms with Gasteiger partial charge in [0.1, 0.15) is 5.82 Å². The molecule has 0 saturated carbocycles. The second kappa shape index (κ2) is 6.07. The number of amides is 1. The number of hydrazine groups is 1. The number of nitrogens with zero attached hydrogens (tertiary/aromatic N) is 1. The molecular formula is C14H16FN3O2S. The quantitative estimate of drug-likeness (QED) is 0.512. The van der Waals surface area contributed by atoms with E-state index in [2.05, 4.69) is 10.3 Å². The van der Waals surface area contributed by atoms with Gasteiger partial charge in [0.25, 0.3) is 5.91 Å². The number of nitrogens with one attached hydrogen (secondary N) is 1. The normalized spacial score (nSPS) is 16.3. The van der Waals surface area contributed by atoms with E-state index in [4.69, 9.17) is 10.6 Å². The maximum atomic E-state index is 14.2. The Kier molecular flexibility index (Phi) is 4.16. The maximum absolute atomic E-state index is 14.2. The van der Waals surface area contributed by atoms with Crippen LogP contribution in [0.5, 0.6) is 0 Å². The minimum Gasteiger partial charge on any atom is -0.379 e. The average Bonchev–Trinajstić information content (AvgIpc) is 2.87. The minimum atomic E-state index is -0.376. The molecule has 1 aliphatic rings. The molecule has 0 bridgehead atoms. The smallest absolute Gasteiger partial charge is 0.275 e. The molecule has 1 aromatic heterocycles. The Labute approximate surface area is 125 Å². The molecule has 112 valence electrons. The summed E-state index contributed by atoms with van der Waals surface area (Å²) in [5, 5.41) is 0.521. The first-order valence-electron chi connectivity index (χ1n) is 6.71. The van der Waals surface area contributed by atoms with Crippen LogP contribution in [0.4, 0.5) is 4.39 Å². The van der Waals surface area contributed by atoms with Gasteiger partial charge in [0.05, 0.1) is 18.1 Å². The molecular weight excluding hydrogens is 293 g/mol. The van der Waals surface area contributed by atoms with E-state index in [9.17, 15) is 9.18 Å². The van der Waals surface area contributed by atoms with Crippen LogP contribution in [-0.4, -0.2) is 37.1 Å². The first-order valence-corrected chi connectivity index (χ1v) is 7.53. The van der Waals surface area contributed by atoms with Crippen LogP contribution in [-0.2, 0) is 11.3 Å². The highest BCUT2D eigenvalue weighted by Gasteiger charge is 2.22. The minimum absolute atomic E-state index is 0.303. The molecule has 0 atom stereocenters. The van der Waals surface area contributed by atoms with Gasteiger partial charge < -0.3 is 4.74 Å². The monoisotopic (exact) mass is 309 g/mol. The van der Waals surface area contributed by atoms with Gasteiger partial charge in [0.2, 0.25) is 0 Å². The SMILES string of the molecule is NNC(=O)c1sc2cccc(F)c2c1CN1CCOCC1. The van der Waals surface area contributed by atoms with Gasteiger partial charge in [-0.15, -0.1) is 11.3 Å². The molecule has 1 fully saturated rings. The van der Waals surface area contributed by atoms with Gasteiger partial charge in [-0.3, -0.25) is 15.1 Å². The Hall–Kier alpha value is -1.54. The van der Waals surface area contributed by atoms with E-state index in [0.717, 1.165) is 17.8 Å². The Morgan fingerprint density at radius 1 is 1.43 bits per heavy atom. The number of carbonyl (C=O) groups excluding carboxylic acids is 1. The summed E-state index contributed by atoms with van der Waals surface area (Å²) >= 11 is 1.27. The number of fused-ring (bicyclic) bond motifs is 1. The summed E-state index contributed by atoms with van der Waals surface area (Å²) in [5.41, 5.74) is 2.85. The van der Waals surface area contributed by atoms with Crippen molar-refractivity contribution in [3.05, 3.63) is 34.5 Å². The lowest BCUT2D eigenvalue weighted by molar-refractivity contribution is 0.0343. The number of hydrogen-bond acceptors (Lipinski definition) is 5. The summed E-state index contributed by atoms with van der Waals surface area (Å²) < 4.78 is 20.3. The largest absolute Gasteiger partial charge is 0.379 e. The fourth-order valence-corrected chi connectivity index (χ4v) is 3.68. The lowest BCUT2D eigenvalue weighted by atomic mass is 10.1. The summed E-state index contributed by atoms with van der Waals surface area (Å²) in [6.07, 6.45) is 0. The van der Waals surface area contributed by atoms with Crippen LogP contribution in [0.25, 0.3) is 10.1 Å². The summed E-state index contributed by atoms with van der Waals surface area (Å²) in [4.78, 5) is 14.6. The number of carbonyl (C=O) groups is 1. The van der Waals surface area contributed by atoms with Crippen LogP contribution in [0.1, 0.15) is 15.2 Å². The van der Waals surface area contributed by atoms with E-state index in [0.29, 0.717) is 35.6 Å². The zero-order valence-corrected chi connectivity index (χ0v) is 12.2. The molecule has 0 spiro atoms. The standard InChI is InChI=1S/C14H16FN3O2S/c15-10-2-1-3-11-12(10)9(13(21-11)14(19)17-16)8-18-4-6-20-7-5-18/h1-3H,4-8,16H2,(H,17,19). The Morgan fingerprint density at radius 2 is 2.19 bits per heavy atom. The Morgan fingerprint density at radius 3 is 2.90 bits per heavy atom. The van der Waals surface area contributed by atoms with Crippen molar-refractivity contribution in [1.29, 1.82) is 0 Å². The third-order valence-electron chi connectivity index (χ3n) is 3.59. The highest BCUT2D eigenvalue weighted by atomic mass is 32.1. The number of halogens is 1. The average molecular weight is 309 g/mol. The summed E-state index contributed by atoms with van der Waals surface area (Å²) in [7, 11) is 0. The van der Waals surface area contributed by atoms with Gasteiger partial charge in [-0.25, -0.2) is 10.2 Å². The molecule has 3 N–H and O–H groups in total. The van der Waals surface area contributed by atoms with Gasteiger partial charge in [-0.2, -0.15) is 0 Å². The van der Waals surface area contributed by atoms with Crippen LogP contribution in [0, 0.1) is 5.82 Å². The van der Waals surface area contributed by atoms with Crippen LogP contribution in [0.3, 0.4) is 0 Å². The molecule has 5 nitrogen and oxygen atoms in total. The molecule has 0 radical (unpaired) electrons. The van der Waals surface area contributed by atoms with Crippen LogP contribution in [0.2, 0.25) is 0 Å². The van der Waals surface area contributed by atoms with Gasteiger partial charge in [0, 0.05) is 35.3 Å². The summed E-state index contributed by atoms with van der Waals surface area (Å²) in [6.45, 7) is 3.38. The number of nitrogens with two attached hydrogens (primary N) is 1. The van der Waals surface area contributed by atoms with Gasteiger partial charge in [-0.1, -0.05) is 6.07 Å². The molecule has 7 heteroatoms. The van der Waals surface area contributed by atoms with Crippen molar-refractivity contribution in [2.24, 2.45) is 5.84 Å². The molecule has 3 rings (SSSR count). The number of ether oxygens (including phenoxy) is 1. The molecule has 1 aliphatic heterocycles. The van der Waals surface area contributed by atoms with Crippen molar-refractivity contribution in [2.75, 3.05) is 26.3 Å². The first-order chi connectivity index (χ1) is 10.2. The van der Waals surface area contributed by atoms with E-state index in [1.807, 2.05) is 6.07 Å². The van der Waals surface area contributed by atoms with Crippen molar-refractivity contribution >= 4 is 27.3 Å². The topological polar surface area (TPSA) is 67.6 Å². The zero-order chi connectivity index (χ0) is 14.8. The second-order valence-electron chi connectivity index (χ2n) is 4.88. The zero-order valence-electron chi connectivity index (χ0n) is 11.4. The Bertz CT molecular complexity index is 668. The summed E-state index contributed by atoms with van der Waals surface area (Å²) in [5.74, 6) is 4.57. The van der Waals surface area contributed by atoms with Crippen molar-refractivity contribution in [1.82, 2.24) is 10.3 Å². The lowest BCUT2D eigenvalue weighted by Crippen LogP contribution is -2.36. The van der Waals surface area contributed by atoms with E-state index in [1.165, 1.54) is 17.4 Å². The highest BCUT2D eigenvalue weighted by Crippen LogP contribution is 2.34. The van der Waals surface area contributed by atoms with E-state index < -0.39 is 0 Å². The predicted octanol–water partition coefficient (Wildman–Crippen LogP) is 1.48. The number of benzene rings is 1. The van der Waals surface area contributed by atoms with Crippen molar-refractivity contribution in [3.8, 4) is 0 Å². The first kappa shape index (κ1) is 14.4. The van der Waals surface area contributed by atoms with E-state index >= 15 is 0 Å². The third-order valence-corrected chi connectivity index (χ3v) is 4.78. The highest BCUT2D eigenvalue weighted by molar-refractivity contribution is 7.21. The number of hydrogen-bond donors (Lipinski definition) is 2. The van der Waals surface area contributed by atoms with Gasteiger partial charge in [-0.05, 0) is 12.1 Å². The maximum Gasteiger partial charge on any atom is 0.275 e. The van der Waals surface area contributed by atoms with Gasteiger partial charge in [0.15, 0.2) is 0 Å². The molecule has 0 unspecified atom stereocenters. The fraction of sp³-hybridized carbons (Fsp3) is 0.357. The van der Waals surface area contributed by atoms with E-state index in [-0.39, 0.29) is 11.7 Å². The van der Waals surface area contributed by atoms with Crippen molar-refractivity contribution < 1.29 is 13.9 Å².